The van der Waals surface area contributed by atoms with Gasteiger partial charge in [0.2, 0.25) is 11.1 Å². The van der Waals surface area contributed by atoms with E-state index < -0.39 is 5.25 Å². The number of thioether (sulfide) groups is 1. The zero-order chi connectivity index (χ0) is 21.3. The molecule has 0 radical (unpaired) electrons. The standard InChI is InChI=1S/C22H24FN5OS/c1-4-5-18-25-26-22-28(18)27-19(15-6-8-16(23)9-7-15)20(30-22)21(29)24-17-11-13(2)10-14(3)12-17/h6-12,19-20,27H,4-5H2,1-3H3,(H,24,29)/t19-,20-/m1/s1. The number of rotatable bonds is 5. The number of halogens is 1. The van der Waals surface area contributed by atoms with E-state index in [1.807, 2.05) is 30.7 Å². The second kappa shape index (κ2) is 8.47. The van der Waals surface area contributed by atoms with E-state index >= 15 is 0 Å². The van der Waals surface area contributed by atoms with E-state index in [0.29, 0.717) is 5.16 Å². The first-order valence-corrected chi connectivity index (χ1v) is 10.8. The summed E-state index contributed by atoms with van der Waals surface area (Å²) in [6.07, 6.45) is 1.71. The number of nitrogens with one attached hydrogen (secondary N) is 2. The molecular formula is C22H24FN5OS. The monoisotopic (exact) mass is 425 g/mol. The highest BCUT2D eigenvalue weighted by Crippen LogP contribution is 2.37. The maximum absolute atomic E-state index is 13.5. The average Bonchev–Trinajstić information content (AvgIpc) is 3.09. The first kappa shape index (κ1) is 20.4. The lowest BCUT2D eigenvalue weighted by Crippen LogP contribution is -2.41. The van der Waals surface area contributed by atoms with Gasteiger partial charge in [-0.1, -0.05) is 36.9 Å². The predicted octanol–water partition coefficient (Wildman–Crippen LogP) is 4.38. The number of benzene rings is 2. The highest BCUT2D eigenvalue weighted by atomic mass is 32.2. The van der Waals surface area contributed by atoms with Crippen LogP contribution in [0, 0.1) is 19.7 Å². The minimum atomic E-state index is -0.498. The highest BCUT2D eigenvalue weighted by Gasteiger charge is 2.37. The molecule has 1 aliphatic rings. The molecule has 8 heteroatoms. The van der Waals surface area contributed by atoms with Crippen molar-refractivity contribution in [2.45, 2.75) is 50.1 Å². The minimum Gasteiger partial charge on any atom is -0.325 e. The van der Waals surface area contributed by atoms with Gasteiger partial charge < -0.3 is 10.7 Å². The molecule has 2 atom stereocenters. The van der Waals surface area contributed by atoms with Gasteiger partial charge in [-0.25, -0.2) is 9.07 Å². The molecule has 0 aliphatic carbocycles. The van der Waals surface area contributed by atoms with E-state index in [2.05, 4.69) is 33.9 Å². The van der Waals surface area contributed by atoms with Crippen LogP contribution in [0.25, 0.3) is 0 Å². The number of nitrogens with zero attached hydrogens (tertiary/aromatic N) is 3. The maximum atomic E-state index is 13.5. The van der Waals surface area contributed by atoms with Gasteiger partial charge in [0, 0.05) is 12.1 Å². The van der Waals surface area contributed by atoms with Crippen LogP contribution in [-0.4, -0.2) is 26.0 Å². The number of carbonyl (C=O) groups excluding carboxylic acids is 1. The fraction of sp³-hybridized carbons (Fsp3) is 0.318. The Bertz CT molecular complexity index is 1050. The van der Waals surface area contributed by atoms with Crippen molar-refractivity contribution in [2.24, 2.45) is 0 Å². The smallest absolute Gasteiger partial charge is 0.240 e. The fourth-order valence-electron chi connectivity index (χ4n) is 3.66. The Morgan fingerprint density at radius 1 is 1.17 bits per heavy atom. The van der Waals surface area contributed by atoms with E-state index in [4.69, 9.17) is 0 Å². The lowest BCUT2D eigenvalue weighted by atomic mass is 10.0. The van der Waals surface area contributed by atoms with Gasteiger partial charge in [0.15, 0.2) is 5.82 Å². The number of hydrogen-bond acceptors (Lipinski definition) is 5. The van der Waals surface area contributed by atoms with Crippen LogP contribution >= 0.6 is 11.8 Å². The summed E-state index contributed by atoms with van der Waals surface area (Å²) in [7, 11) is 0. The molecule has 156 valence electrons. The zero-order valence-corrected chi connectivity index (χ0v) is 18.0. The van der Waals surface area contributed by atoms with Gasteiger partial charge in [0.1, 0.15) is 11.1 Å². The molecule has 30 heavy (non-hydrogen) atoms. The molecule has 3 aromatic rings. The molecule has 0 bridgehead atoms. The summed E-state index contributed by atoms with van der Waals surface area (Å²) in [5, 5.41) is 11.7. The van der Waals surface area contributed by atoms with Crippen LogP contribution in [0.3, 0.4) is 0 Å². The van der Waals surface area contributed by atoms with Gasteiger partial charge in [-0.2, -0.15) is 0 Å². The summed E-state index contributed by atoms with van der Waals surface area (Å²) in [6.45, 7) is 6.08. The Balaban J connectivity index is 1.67. The van der Waals surface area contributed by atoms with E-state index in [1.54, 1.807) is 12.1 Å². The average molecular weight is 426 g/mol. The fourth-order valence-corrected chi connectivity index (χ4v) is 4.76. The highest BCUT2D eigenvalue weighted by molar-refractivity contribution is 8.00. The van der Waals surface area contributed by atoms with Crippen LogP contribution in [0.5, 0.6) is 0 Å². The molecule has 4 rings (SSSR count). The third-order valence-electron chi connectivity index (χ3n) is 4.95. The number of carbonyl (C=O) groups is 1. The molecule has 1 aliphatic heterocycles. The molecule has 0 saturated heterocycles. The number of hydrogen-bond donors (Lipinski definition) is 2. The van der Waals surface area contributed by atoms with Crippen LogP contribution in [0.4, 0.5) is 10.1 Å². The van der Waals surface area contributed by atoms with E-state index in [1.165, 1.54) is 23.9 Å². The third-order valence-corrected chi connectivity index (χ3v) is 6.17. The molecule has 6 nitrogen and oxygen atoms in total. The van der Waals surface area contributed by atoms with Crippen molar-refractivity contribution in [2.75, 3.05) is 10.7 Å². The second-order valence-electron chi connectivity index (χ2n) is 7.55. The summed E-state index contributed by atoms with van der Waals surface area (Å²) in [6, 6.07) is 11.8. The van der Waals surface area contributed by atoms with Crippen molar-refractivity contribution < 1.29 is 9.18 Å². The maximum Gasteiger partial charge on any atom is 0.240 e. The summed E-state index contributed by atoms with van der Waals surface area (Å²) in [4.78, 5) is 13.3. The predicted molar refractivity (Wildman–Crippen MR) is 117 cm³/mol. The van der Waals surface area contributed by atoms with E-state index in [9.17, 15) is 9.18 Å². The Morgan fingerprint density at radius 3 is 2.53 bits per heavy atom. The van der Waals surface area contributed by atoms with Gasteiger partial charge in [-0.3, -0.25) is 4.79 Å². The van der Waals surface area contributed by atoms with Crippen molar-refractivity contribution >= 4 is 23.4 Å². The number of fused-ring (bicyclic) bond motifs is 1. The van der Waals surface area contributed by atoms with E-state index in [0.717, 1.165) is 41.0 Å². The number of aromatic nitrogens is 3. The Hall–Kier alpha value is -2.87. The topological polar surface area (TPSA) is 71.8 Å². The van der Waals surface area contributed by atoms with Gasteiger partial charge in [-0.05, 0) is 61.2 Å². The zero-order valence-electron chi connectivity index (χ0n) is 17.1. The third kappa shape index (κ3) is 4.18. The first-order valence-electron chi connectivity index (χ1n) is 9.96. The molecule has 2 N–H and O–H groups in total. The second-order valence-corrected chi connectivity index (χ2v) is 8.66. The van der Waals surface area contributed by atoms with Crippen molar-refractivity contribution in [1.29, 1.82) is 0 Å². The van der Waals surface area contributed by atoms with Gasteiger partial charge in [0.25, 0.3) is 0 Å². The number of aryl methyl sites for hydroxylation is 3. The van der Waals surface area contributed by atoms with E-state index in [-0.39, 0.29) is 17.8 Å². The first-order chi connectivity index (χ1) is 14.4. The van der Waals surface area contributed by atoms with Crippen LogP contribution in [0.2, 0.25) is 0 Å². The number of amides is 1. The van der Waals surface area contributed by atoms with Crippen molar-refractivity contribution in [1.82, 2.24) is 14.9 Å². The van der Waals surface area contributed by atoms with Crippen molar-refractivity contribution in [3.8, 4) is 0 Å². The quantitative estimate of drug-likeness (QED) is 0.635. The Labute approximate surface area is 179 Å². The van der Waals surface area contributed by atoms with Crippen LogP contribution in [0.1, 0.15) is 41.9 Å². The summed E-state index contributed by atoms with van der Waals surface area (Å²) >= 11 is 1.37. The lowest BCUT2D eigenvalue weighted by Gasteiger charge is -2.33. The molecule has 0 unspecified atom stereocenters. The van der Waals surface area contributed by atoms with Gasteiger partial charge >= 0.3 is 0 Å². The molecule has 0 fully saturated rings. The van der Waals surface area contributed by atoms with Crippen molar-refractivity contribution in [3.63, 3.8) is 0 Å². The van der Waals surface area contributed by atoms with Crippen molar-refractivity contribution in [3.05, 3.63) is 70.8 Å². The molecule has 0 spiro atoms. The molecule has 2 aromatic carbocycles. The van der Waals surface area contributed by atoms with Gasteiger partial charge in [-0.15, -0.1) is 10.2 Å². The molecule has 1 aromatic heterocycles. The largest absolute Gasteiger partial charge is 0.325 e. The molecule has 1 amide bonds. The summed E-state index contributed by atoms with van der Waals surface area (Å²) < 4.78 is 15.3. The minimum absolute atomic E-state index is 0.141. The van der Waals surface area contributed by atoms with Crippen LogP contribution in [0.15, 0.2) is 47.6 Å². The summed E-state index contributed by atoms with van der Waals surface area (Å²) in [5.74, 6) is 0.369. The summed E-state index contributed by atoms with van der Waals surface area (Å²) in [5.41, 5.74) is 7.14. The SMILES string of the molecule is CCCc1nnc2n1N[C@H](c1ccc(F)cc1)[C@H](C(=O)Nc1cc(C)cc(C)c1)S2. The molecule has 2 heterocycles. The lowest BCUT2D eigenvalue weighted by molar-refractivity contribution is -0.116. The molecule has 0 saturated carbocycles. The molecular weight excluding hydrogens is 401 g/mol. The Kier molecular flexibility index (Phi) is 5.76. The van der Waals surface area contributed by atoms with Crippen LogP contribution in [-0.2, 0) is 11.2 Å². The van der Waals surface area contributed by atoms with Crippen LogP contribution < -0.4 is 10.7 Å². The normalized spacial score (nSPS) is 17.9. The number of anilines is 1. The Morgan fingerprint density at radius 2 is 1.87 bits per heavy atom. The van der Waals surface area contributed by atoms with Gasteiger partial charge in [0.05, 0.1) is 6.04 Å².